The molecule has 2 fully saturated rings. The molecule has 1 unspecified atom stereocenters. The van der Waals surface area contributed by atoms with Crippen molar-refractivity contribution >= 4 is 47.2 Å². The van der Waals surface area contributed by atoms with Crippen molar-refractivity contribution in [3.05, 3.63) is 22.4 Å². The third-order valence-corrected chi connectivity index (χ3v) is 6.76. The molecule has 0 spiro atoms. The van der Waals surface area contributed by atoms with Crippen molar-refractivity contribution < 1.29 is 4.79 Å². The molecule has 2 aliphatic rings. The van der Waals surface area contributed by atoms with E-state index >= 15 is 0 Å². The Morgan fingerprint density at radius 2 is 2.15 bits per heavy atom. The lowest BCUT2D eigenvalue weighted by Gasteiger charge is -2.38. The predicted octanol–water partition coefficient (Wildman–Crippen LogP) is 3.35. The standard InChI is InChI=1S/C19H30N4OS.HI/c1-20-18(22-15-8-9-17(24)23(2)13-15)21-14-19(10-4-3-5-11-19)16-7-6-12-25-16;/h6-7,12,15H,3-5,8-11,13-14H2,1-2H3,(H2,20,21,22);1H. The number of rotatable bonds is 4. The fourth-order valence-corrected chi connectivity index (χ4v) is 5.08. The number of nitrogens with one attached hydrogen (secondary N) is 2. The molecule has 0 bridgehead atoms. The lowest BCUT2D eigenvalue weighted by atomic mass is 9.73. The van der Waals surface area contributed by atoms with Crippen LogP contribution >= 0.6 is 35.3 Å². The van der Waals surface area contributed by atoms with E-state index in [9.17, 15) is 4.79 Å². The van der Waals surface area contributed by atoms with Gasteiger partial charge in [0.25, 0.3) is 0 Å². The molecule has 146 valence electrons. The van der Waals surface area contributed by atoms with Crippen LogP contribution in [-0.2, 0) is 10.2 Å². The third-order valence-electron chi connectivity index (χ3n) is 5.64. The Morgan fingerprint density at radius 1 is 1.38 bits per heavy atom. The monoisotopic (exact) mass is 490 g/mol. The quantitative estimate of drug-likeness (QED) is 0.387. The Morgan fingerprint density at radius 3 is 2.77 bits per heavy atom. The van der Waals surface area contributed by atoms with Gasteiger partial charge < -0.3 is 15.5 Å². The summed E-state index contributed by atoms with van der Waals surface area (Å²) in [7, 11) is 3.70. The Hall–Kier alpha value is -0.830. The average molecular weight is 490 g/mol. The van der Waals surface area contributed by atoms with E-state index in [0.29, 0.717) is 6.42 Å². The van der Waals surface area contributed by atoms with Crippen molar-refractivity contribution in [1.29, 1.82) is 0 Å². The number of hydrogen-bond donors (Lipinski definition) is 2. The van der Waals surface area contributed by atoms with Gasteiger partial charge in [0.1, 0.15) is 0 Å². The summed E-state index contributed by atoms with van der Waals surface area (Å²) < 4.78 is 0. The summed E-state index contributed by atoms with van der Waals surface area (Å²) in [5.41, 5.74) is 0.239. The normalized spacial score (nSPS) is 23.3. The van der Waals surface area contributed by atoms with Gasteiger partial charge in [0.05, 0.1) is 0 Å². The third kappa shape index (κ3) is 5.12. The maximum absolute atomic E-state index is 11.7. The molecule has 1 aliphatic heterocycles. The molecule has 1 saturated heterocycles. The highest BCUT2D eigenvalue weighted by Crippen LogP contribution is 2.41. The van der Waals surface area contributed by atoms with E-state index in [1.165, 1.54) is 37.0 Å². The molecule has 1 atom stereocenters. The average Bonchev–Trinajstić information content (AvgIpc) is 3.18. The molecule has 1 amide bonds. The van der Waals surface area contributed by atoms with Crippen LogP contribution in [0.5, 0.6) is 0 Å². The molecule has 1 aromatic heterocycles. The molecule has 3 rings (SSSR count). The summed E-state index contributed by atoms with van der Waals surface area (Å²) in [6, 6.07) is 4.73. The minimum atomic E-state index is 0. The zero-order chi connectivity index (χ0) is 17.7. The Kier molecular flexibility index (Phi) is 8.19. The van der Waals surface area contributed by atoms with Crippen molar-refractivity contribution in [3.63, 3.8) is 0 Å². The number of halogens is 1. The minimum absolute atomic E-state index is 0. The van der Waals surface area contributed by atoms with Crippen LogP contribution in [0, 0.1) is 0 Å². The molecule has 1 aromatic rings. The minimum Gasteiger partial charge on any atom is -0.355 e. The van der Waals surface area contributed by atoms with Crippen LogP contribution in [-0.4, -0.2) is 50.0 Å². The van der Waals surface area contributed by atoms with Gasteiger partial charge in [-0.25, -0.2) is 0 Å². The number of guanidine groups is 1. The lowest BCUT2D eigenvalue weighted by molar-refractivity contribution is -0.132. The van der Waals surface area contributed by atoms with Crippen LogP contribution in [0.1, 0.15) is 49.8 Å². The van der Waals surface area contributed by atoms with Gasteiger partial charge in [-0.05, 0) is 30.7 Å². The number of carbonyl (C=O) groups is 1. The van der Waals surface area contributed by atoms with Crippen molar-refractivity contribution in [2.24, 2.45) is 4.99 Å². The first-order chi connectivity index (χ1) is 12.1. The van der Waals surface area contributed by atoms with Gasteiger partial charge >= 0.3 is 0 Å². The summed E-state index contributed by atoms with van der Waals surface area (Å²) in [6.07, 6.45) is 7.95. The second kappa shape index (κ2) is 9.92. The number of amides is 1. The van der Waals surface area contributed by atoms with E-state index in [0.717, 1.165) is 25.5 Å². The highest BCUT2D eigenvalue weighted by atomic mass is 127. The summed E-state index contributed by atoms with van der Waals surface area (Å²) in [5, 5.41) is 9.28. The van der Waals surface area contributed by atoms with Gasteiger partial charge in [0.2, 0.25) is 5.91 Å². The van der Waals surface area contributed by atoms with Crippen LogP contribution in [0.25, 0.3) is 0 Å². The van der Waals surface area contributed by atoms with Gasteiger partial charge in [0.15, 0.2) is 5.96 Å². The predicted molar refractivity (Wildman–Crippen MR) is 120 cm³/mol. The fraction of sp³-hybridized carbons (Fsp3) is 0.684. The molecule has 5 nitrogen and oxygen atoms in total. The number of likely N-dealkylation sites (tertiary alicyclic amines) is 1. The number of aliphatic imine (C=N–C) groups is 1. The van der Waals surface area contributed by atoms with Gasteiger partial charge in [-0.15, -0.1) is 35.3 Å². The Labute approximate surface area is 178 Å². The molecule has 7 heteroatoms. The van der Waals surface area contributed by atoms with Crippen LogP contribution in [0.4, 0.5) is 0 Å². The number of carbonyl (C=O) groups excluding carboxylic acids is 1. The first kappa shape index (κ1) is 21.5. The molecule has 0 aromatic carbocycles. The van der Waals surface area contributed by atoms with Crippen LogP contribution in [0.15, 0.2) is 22.5 Å². The summed E-state index contributed by atoms with van der Waals surface area (Å²) in [4.78, 5) is 19.4. The molecular formula is C19H31IN4OS. The van der Waals surface area contributed by atoms with E-state index in [4.69, 9.17) is 0 Å². The second-order valence-electron chi connectivity index (χ2n) is 7.40. The summed E-state index contributed by atoms with van der Waals surface area (Å²) >= 11 is 1.88. The largest absolute Gasteiger partial charge is 0.355 e. The number of likely N-dealkylation sites (N-methyl/N-ethyl adjacent to an activating group) is 1. The Balaban J connectivity index is 0.00000243. The number of thiophene rings is 1. The maximum Gasteiger partial charge on any atom is 0.222 e. The highest BCUT2D eigenvalue weighted by molar-refractivity contribution is 14.0. The SMILES string of the molecule is CN=C(NCC1(c2cccs2)CCCCC1)NC1CCC(=O)N(C)C1.I. The van der Waals surface area contributed by atoms with Crippen molar-refractivity contribution in [2.45, 2.75) is 56.4 Å². The Bertz CT molecular complexity index is 599. The molecule has 26 heavy (non-hydrogen) atoms. The summed E-state index contributed by atoms with van der Waals surface area (Å²) in [6.45, 7) is 1.67. The van der Waals surface area contributed by atoms with Gasteiger partial charge in [0, 0.05) is 49.9 Å². The van der Waals surface area contributed by atoms with Crippen LogP contribution in [0.2, 0.25) is 0 Å². The highest BCUT2D eigenvalue weighted by Gasteiger charge is 2.35. The van der Waals surface area contributed by atoms with E-state index in [1.54, 1.807) is 0 Å². The van der Waals surface area contributed by atoms with Crippen LogP contribution in [0.3, 0.4) is 0 Å². The smallest absolute Gasteiger partial charge is 0.222 e. The van der Waals surface area contributed by atoms with E-state index in [2.05, 4.69) is 33.1 Å². The number of piperidine rings is 1. The topological polar surface area (TPSA) is 56.7 Å². The molecule has 2 N–H and O–H groups in total. The zero-order valence-electron chi connectivity index (χ0n) is 15.8. The fourth-order valence-electron chi connectivity index (χ4n) is 4.09. The van der Waals surface area contributed by atoms with Crippen LogP contribution < -0.4 is 10.6 Å². The maximum atomic E-state index is 11.7. The van der Waals surface area contributed by atoms with Crippen molar-refractivity contribution in [3.8, 4) is 0 Å². The first-order valence-electron chi connectivity index (χ1n) is 9.38. The van der Waals surface area contributed by atoms with E-state index < -0.39 is 0 Å². The summed E-state index contributed by atoms with van der Waals surface area (Å²) in [5.74, 6) is 1.09. The van der Waals surface area contributed by atoms with Gasteiger partial charge in [-0.2, -0.15) is 0 Å². The van der Waals surface area contributed by atoms with E-state index in [1.807, 2.05) is 30.3 Å². The molecule has 0 radical (unpaired) electrons. The molecule has 1 aliphatic carbocycles. The van der Waals surface area contributed by atoms with E-state index in [-0.39, 0.29) is 41.3 Å². The zero-order valence-corrected chi connectivity index (χ0v) is 18.9. The molecule has 2 heterocycles. The number of nitrogens with zero attached hydrogens (tertiary/aromatic N) is 2. The second-order valence-corrected chi connectivity index (χ2v) is 8.35. The van der Waals surface area contributed by atoms with Crippen molar-refractivity contribution in [2.75, 3.05) is 27.2 Å². The molecule has 1 saturated carbocycles. The van der Waals surface area contributed by atoms with Crippen molar-refractivity contribution in [1.82, 2.24) is 15.5 Å². The first-order valence-corrected chi connectivity index (χ1v) is 10.3. The van der Waals surface area contributed by atoms with Gasteiger partial charge in [-0.3, -0.25) is 9.79 Å². The lowest BCUT2D eigenvalue weighted by Crippen LogP contribution is -2.53. The number of hydrogen-bond acceptors (Lipinski definition) is 3. The van der Waals surface area contributed by atoms with Gasteiger partial charge in [-0.1, -0.05) is 25.3 Å². The molecular weight excluding hydrogens is 459 g/mol.